The maximum atomic E-state index is 13.7. The summed E-state index contributed by atoms with van der Waals surface area (Å²) in [6, 6.07) is 6.85. The van der Waals surface area contributed by atoms with Gasteiger partial charge in [-0.2, -0.15) is 0 Å². The van der Waals surface area contributed by atoms with Crippen molar-refractivity contribution in [1.29, 1.82) is 0 Å². The van der Waals surface area contributed by atoms with Gasteiger partial charge in [0.1, 0.15) is 5.75 Å². The number of ether oxygens (including phenoxy) is 3. The van der Waals surface area contributed by atoms with Gasteiger partial charge in [0.25, 0.3) is 5.91 Å². The molecular formula is C19H19ClFNO5. The quantitative estimate of drug-likeness (QED) is 0.748. The fraction of sp³-hybridized carbons (Fsp3) is 0.263. The minimum atomic E-state index is -1.12. The Balaban J connectivity index is 2.08. The number of rotatable bonds is 6. The molecule has 8 heteroatoms. The van der Waals surface area contributed by atoms with E-state index in [0.717, 1.165) is 11.6 Å². The third-order valence-electron chi connectivity index (χ3n) is 3.78. The molecule has 0 aliphatic heterocycles. The molecule has 0 aliphatic rings. The van der Waals surface area contributed by atoms with Crippen LogP contribution in [0.3, 0.4) is 0 Å². The Morgan fingerprint density at radius 1 is 1.11 bits per heavy atom. The third-order valence-corrected chi connectivity index (χ3v) is 4.19. The topological polar surface area (TPSA) is 73.9 Å². The van der Waals surface area contributed by atoms with Crippen molar-refractivity contribution in [2.45, 2.75) is 20.0 Å². The van der Waals surface area contributed by atoms with Crippen molar-refractivity contribution in [3.05, 3.63) is 52.3 Å². The fourth-order valence-corrected chi connectivity index (χ4v) is 2.39. The highest BCUT2D eigenvalue weighted by Gasteiger charge is 2.21. The van der Waals surface area contributed by atoms with E-state index in [1.807, 2.05) is 0 Å². The lowest BCUT2D eigenvalue weighted by Crippen LogP contribution is -2.30. The van der Waals surface area contributed by atoms with Gasteiger partial charge in [0.15, 0.2) is 17.7 Å². The summed E-state index contributed by atoms with van der Waals surface area (Å²) in [6.45, 7) is 3.18. The molecule has 27 heavy (non-hydrogen) atoms. The van der Waals surface area contributed by atoms with Crippen LogP contribution >= 0.6 is 11.6 Å². The lowest BCUT2D eigenvalue weighted by atomic mass is 10.2. The number of halogens is 2. The van der Waals surface area contributed by atoms with Crippen LogP contribution in [0.15, 0.2) is 30.3 Å². The molecule has 0 fully saturated rings. The lowest BCUT2D eigenvalue weighted by Gasteiger charge is -2.16. The van der Waals surface area contributed by atoms with Crippen molar-refractivity contribution in [3.8, 4) is 11.5 Å². The first-order valence-corrected chi connectivity index (χ1v) is 8.34. The number of benzene rings is 2. The Kier molecular flexibility index (Phi) is 6.63. The monoisotopic (exact) mass is 395 g/mol. The van der Waals surface area contributed by atoms with E-state index in [4.69, 9.17) is 25.8 Å². The van der Waals surface area contributed by atoms with Crippen LogP contribution in [0, 0.1) is 12.7 Å². The first kappa shape index (κ1) is 20.5. The zero-order valence-corrected chi connectivity index (χ0v) is 16.0. The average Bonchev–Trinajstić information content (AvgIpc) is 2.64. The maximum Gasteiger partial charge on any atom is 0.339 e. The van der Waals surface area contributed by atoms with Crippen molar-refractivity contribution in [2.75, 3.05) is 19.5 Å². The van der Waals surface area contributed by atoms with E-state index in [2.05, 4.69) is 5.32 Å². The van der Waals surface area contributed by atoms with Gasteiger partial charge in [0.2, 0.25) is 0 Å². The molecule has 0 saturated carbocycles. The Morgan fingerprint density at radius 3 is 2.37 bits per heavy atom. The number of esters is 1. The predicted octanol–water partition coefficient (Wildman–Crippen LogP) is 3.99. The highest BCUT2D eigenvalue weighted by Crippen LogP contribution is 2.31. The molecule has 0 aliphatic carbocycles. The van der Waals surface area contributed by atoms with E-state index in [-0.39, 0.29) is 11.3 Å². The minimum absolute atomic E-state index is 0.00236. The summed E-state index contributed by atoms with van der Waals surface area (Å²) in [6.07, 6.45) is -1.12. The second kappa shape index (κ2) is 8.73. The summed E-state index contributed by atoms with van der Waals surface area (Å²) in [5.74, 6) is -1.74. The molecule has 0 unspecified atom stereocenters. The molecule has 0 heterocycles. The molecule has 144 valence electrons. The minimum Gasteiger partial charge on any atom is -0.495 e. The number of hydrogen-bond donors (Lipinski definition) is 1. The van der Waals surface area contributed by atoms with E-state index >= 15 is 0 Å². The van der Waals surface area contributed by atoms with Crippen molar-refractivity contribution in [3.63, 3.8) is 0 Å². The summed E-state index contributed by atoms with van der Waals surface area (Å²) < 4.78 is 28.8. The van der Waals surface area contributed by atoms with Crippen LogP contribution in [-0.2, 0) is 9.53 Å². The van der Waals surface area contributed by atoms with Gasteiger partial charge in [-0.25, -0.2) is 9.18 Å². The van der Waals surface area contributed by atoms with Gasteiger partial charge >= 0.3 is 5.97 Å². The third kappa shape index (κ3) is 4.89. The normalized spacial score (nSPS) is 11.5. The molecule has 0 aromatic heterocycles. The number of anilines is 1. The highest BCUT2D eigenvalue weighted by molar-refractivity contribution is 6.31. The number of carbonyl (C=O) groups is 2. The van der Waals surface area contributed by atoms with Crippen LogP contribution in [0.1, 0.15) is 22.8 Å². The van der Waals surface area contributed by atoms with E-state index in [9.17, 15) is 14.0 Å². The second-order valence-corrected chi connectivity index (χ2v) is 6.09. The Hall–Kier alpha value is -2.80. The van der Waals surface area contributed by atoms with Gasteiger partial charge in [-0.05, 0) is 43.7 Å². The maximum absolute atomic E-state index is 13.7. The van der Waals surface area contributed by atoms with Gasteiger partial charge in [0, 0.05) is 11.1 Å². The summed E-state index contributed by atoms with van der Waals surface area (Å²) in [5, 5.41) is 3.11. The van der Waals surface area contributed by atoms with Crippen molar-refractivity contribution >= 4 is 29.2 Å². The molecule has 0 radical (unpaired) electrons. The molecule has 1 N–H and O–H groups in total. The molecular weight excluding hydrogens is 377 g/mol. The largest absolute Gasteiger partial charge is 0.495 e. The summed E-state index contributed by atoms with van der Waals surface area (Å²) in [4.78, 5) is 24.5. The van der Waals surface area contributed by atoms with Gasteiger partial charge in [-0.15, -0.1) is 0 Å². The number of nitrogens with one attached hydrogen (secondary N) is 1. The Bertz CT molecular complexity index is 871. The Labute approximate surface area is 161 Å². The zero-order chi connectivity index (χ0) is 20.1. The van der Waals surface area contributed by atoms with Crippen LogP contribution in [0.25, 0.3) is 0 Å². The van der Waals surface area contributed by atoms with Crippen LogP contribution in [-0.4, -0.2) is 32.2 Å². The molecule has 0 saturated heterocycles. The smallest absolute Gasteiger partial charge is 0.339 e. The zero-order valence-electron chi connectivity index (χ0n) is 15.3. The first-order chi connectivity index (χ1) is 12.8. The molecule has 2 aromatic rings. The SMILES string of the molecule is COc1ccc(C(=O)O[C@@H](C)C(=O)Nc2cc(C)c(Cl)cc2OC)cc1F. The number of carbonyl (C=O) groups excluding carboxylic acids is 2. The fourth-order valence-electron chi connectivity index (χ4n) is 2.24. The summed E-state index contributed by atoms with van der Waals surface area (Å²) in [7, 11) is 2.76. The predicted molar refractivity (Wildman–Crippen MR) is 99.2 cm³/mol. The molecule has 1 atom stereocenters. The standard InChI is InChI=1S/C19H19ClFNO5/c1-10-7-15(17(26-4)9-13(10)20)22-18(23)11(2)27-19(24)12-5-6-16(25-3)14(21)8-12/h5-9,11H,1-4H3,(H,22,23)/t11-/m0/s1. The molecule has 2 rings (SSSR count). The molecule has 1 amide bonds. The highest BCUT2D eigenvalue weighted by atomic mass is 35.5. The second-order valence-electron chi connectivity index (χ2n) is 5.69. The summed E-state index contributed by atoms with van der Waals surface area (Å²) in [5.41, 5.74) is 1.10. The lowest BCUT2D eigenvalue weighted by molar-refractivity contribution is -0.123. The van der Waals surface area contributed by atoms with Crippen molar-refractivity contribution in [2.24, 2.45) is 0 Å². The van der Waals surface area contributed by atoms with Gasteiger partial charge in [-0.1, -0.05) is 11.6 Å². The van der Waals surface area contributed by atoms with Crippen LogP contribution < -0.4 is 14.8 Å². The molecule has 2 aromatic carbocycles. The number of methoxy groups -OCH3 is 2. The molecule has 0 bridgehead atoms. The van der Waals surface area contributed by atoms with E-state index in [0.29, 0.717) is 16.5 Å². The van der Waals surface area contributed by atoms with Gasteiger partial charge in [0.05, 0.1) is 25.5 Å². The van der Waals surface area contributed by atoms with Gasteiger partial charge in [-0.3, -0.25) is 4.79 Å². The number of aryl methyl sites for hydroxylation is 1. The average molecular weight is 396 g/mol. The van der Waals surface area contributed by atoms with Crippen LogP contribution in [0.5, 0.6) is 11.5 Å². The number of amides is 1. The summed E-state index contributed by atoms with van der Waals surface area (Å²) >= 11 is 6.03. The van der Waals surface area contributed by atoms with Crippen LogP contribution in [0.4, 0.5) is 10.1 Å². The molecule has 6 nitrogen and oxygen atoms in total. The van der Waals surface area contributed by atoms with Crippen LogP contribution in [0.2, 0.25) is 5.02 Å². The van der Waals surface area contributed by atoms with Crippen molar-refractivity contribution < 1.29 is 28.2 Å². The molecule has 0 spiro atoms. The first-order valence-electron chi connectivity index (χ1n) is 7.96. The number of hydrogen-bond acceptors (Lipinski definition) is 5. The van der Waals surface area contributed by atoms with E-state index in [1.54, 1.807) is 19.1 Å². The van der Waals surface area contributed by atoms with E-state index < -0.39 is 23.8 Å². The Morgan fingerprint density at radius 2 is 1.78 bits per heavy atom. The van der Waals surface area contributed by atoms with E-state index in [1.165, 1.54) is 33.3 Å². The van der Waals surface area contributed by atoms with Crippen molar-refractivity contribution in [1.82, 2.24) is 0 Å². The van der Waals surface area contributed by atoms with Gasteiger partial charge < -0.3 is 19.5 Å².